The van der Waals surface area contributed by atoms with Crippen LogP contribution in [0.1, 0.15) is 0 Å². The Morgan fingerprint density at radius 1 is 0.593 bits per heavy atom. The largest absolute Gasteiger partial charge is 2.00 e. The van der Waals surface area contributed by atoms with Crippen LogP contribution < -0.4 is 25.3 Å². The van der Waals surface area contributed by atoms with Gasteiger partial charge in [-0.15, -0.1) is 0 Å². The number of hydrogen-bond acceptors (Lipinski definition) is 5. The van der Waals surface area contributed by atoms with E-state index in [-0.39, 0.29) is 19.5 Å². The zero-order valence-corrected chi connectivity index (χ0v) is 20.9. The van der Waals surface area contributed by atoms with E-state index in [1.54, 1.807) is 0 Å². The van der Waals surface area contributed by atoms with E-state index in [0.29, 0.717) is 0 Å². The summed E-state index contributed by atoms with van der Waals surface area (Å²) in [6.45, 7) is 0. The Balaban J connectivity index is 0.000000860. The van der Waals surface area contributed by atoms with Crippen LogP contribution in [0.15, 0.2) is 91.0 Å². The molecule has 5 nitrogen and oxygen atoms in total. The van der Waals surface area contributed by atoms with Crippen molar-refractivity contribution in [3.05, 3.63) is 91.0 Å². The van der Waals surface area contributed by atoms with Crippen molar-refractivity contribution in [2.45, 2.75) is 0 Å². The zero-order valence-electron chi connectivity index (χ0n) is 14.6. The molecule has 3 rings (SSSR count). The van der Waals surface area contributed by atoms with E-state index in [0.717, 1.165) is 15.6 Å². The fourth-order valence-electron chi connectivity index (χ4n) is 2.54. The van der Waals surface area contributed by atoms with E-state index < -0.39 is 25.7 Å². The minimum absolute atomic E-state index is 0. The molecule has 0 radical (unpaired) electrons. The van der Waals surface area contributed by atoms with Crippen LogP contribution in [0.25, 0.3) is 0 Å². The SMILES string of the molecule is O=[PH2][O-].O=[PH2][O-].O[Si](c1ccccc1)(c1ccccc1)c1ccccc1.[Zn+2]. The van der Waals surface area contributed by atoms with Crippen molar-refractivity contribution < 1.29 is 43.2 Å². The molecule has 0 saturated heterocycles. The van der Waals surface area contributed by atoms with Gasteiger partial charge in [-0.05, 0) is 32.9 Å². The molecule has 138 valence electrons. The smallest absolute Gasteiger partial charge is 0.804 e. The Hall–Kier alpha value is -1.16. The minimum Gasteiger partial charge on any atom is -0.804 e. The van der Waals surface area contributed by atoms with Gasteiger partial charge in [0.05, 0.1) is 0 Å². The van der Waals surface area contributed by atoms with Gasteiger partial charge in [0.1, 0.15) is 0 Å². The summed E-state index contributed by atoms with van der Waals surface area (Å²) in [6, 6.07) is 30.0. The second kappa shape index (κ2) is 14.8. The molecule has 2 atom stereocenters. The quantitative estimate of drug-likeness (QED) is 0.321. The first kappa shape index (κ1) is 25.8. The molecule has 1 N–H and O–H groups in total. The van der Waals surface area contributed by atoms with E-state index in [4.69, 9.17) is 18.9 Å². The van der Waals surface area contributed by atoms with Gasteiger partial charge in [0, 0.05) is 0 Å². The monoisotopic (exact) mass is 470 g/mol. The van der Waals surface area contributed by atoms with Crippen LogP contribution in [0.2, 0.25) is 0 Å². The molecule has 0 bridgehead atoms. The first-order valence-corrected chi connectivity index (χ1v) is 11.5. The van der Waals surface area contributed by atoms with Gasteiger partial charge >= 0.3 is 19.5 Å². The van der Waals surface area contributed by atoms with Crippen molar-refractivity contribution in [1.82, 2.24) is 0 Å². The molecular weight excluding hydrogens is 452 g/mol. The summed E-state index contributed by atoms with van der Waals surface area (Å²) < 4.78 is 16.9. The molecule has 0 amide bonds. The van der Waals surface area contributed by atoms with Crippen molar-refractivity contribution in [3.63, 3.8) is 0 Å². The van der Waals surface area contributed by atoms with Gasteiger partial charge < -0.3 is 23.7 Å². The number of rotatable bonds is 3. The average Bonchev–Trinajstić information content (AvgIpc) is 2.71. The first-order chi connectivity index (χ1) is 12.6. The summed E-state index contributed by atoms with van der Waals surface area (Å²) in [5, 5.41) is 3.03. The van der Waals surface area contributed by atoms with Gasteiger partial charge in [0.15, 0.2) is 0 Å². The van der Waals surface area contributed by atoms with Gasteiger partial charge in [-0.3, -0.25) is 0 Å². The standard InChI is InChI=1S/C18H16OSi.2H3O2P.Zn/c19-20(16-10-4-1-5-11-16,17-12-6-2-7-13-17)18-14-8-3-9-15-18;2*1-3-2;/h1-15,19H;2*3H2,(H,1,2);/q;;;+2/p-2. The topological polar surface area (TPSA) is 100 Å². The van der Waals surface area contributed by atoms with Crippen LogP contribution in [0.4, 0.5) is 0 Å². The van der Waals surface area contributed by atoms with Crippen LogP contribution in [0, 0.1) is 0 Å². The van der Waals surface area contributed by atoms with Crippen LogP contribution in [-0.2, 0) is 28.6 Å². The summed E-state index contributed by atoms with van der Waals surface area (Å²) in [5.74, 6) is 0. The molecule has 0 aliphatic heterocycles. The molecule has 9 heteroatoms. The van der Waals surface area contributed by atoms with E-state index in [9.17, 15) is 4.80 Å². The van der Waals surface area contributed by atoms with Crippen molar-refractivity contribution in [1.29, 1.82) is 0 Å². The summed E-state index contributed by atoms with van der Waals surface area (Å²) in [4.78, 5) is 28.5. The predicted molar refractivity (Wildman–Crippen MR) is 107 cm³/mol. The summed E-state index contributed by atoms with van der Waals surface area (Å²) >= 11 is 0. The minimum atomic E-state index is -2.88. The molecule has 0 heterocycles. The van der Waals surface area contributed by atoms with E-state index in [1.807, 2.05) is 91.0 Å². The maximum absolute atomic E-state index is 11.6. The van der Waals surface area contributed by atoms with Gasteiger partial charge in [-0.1, -0.05) is 91.0 Å². The Morgan fingerprint density at radius 3 is 0.963 bits per heavy atom. The van der Waals surface area contributed by atoms with Gasteiger partial charge in [-0.25, -0.2) is 0 Å². The summed E-state index contributed by atoms with van der Waals surface area (Å²) in [5.41, 5.74) is 0. The van der Waals surface area contributed by atoms with Gasteiger partial charge in [-0.2, -0.15) is 0 Å². The Morgan fingerprint density at radius 2 is 0.778 bits per heavy atom. The molecule has 3 aromatic rings. The molecule has 27 heavy (non-hydrogen) atoms. The molecule has 0 aromatic heterocycles. The summed E-state index contributed by atoms with van der Waals surface area (Å²) in [7, 11) is -6.38. The number of benzene rings is 3. The zero-order chi connectivity index (χ0) is 19.3. The van der Waals surface area contributed by atoms with Crippen LogP contribution >= 0.6 is 17.4 Å². The molecule has 0 fully saturated rings. The van der Waals surface area contributed by atoms with Crippen molar-refractivity contribution in [3.8, 4) is 0 Å². The van der Waals surface area contributed by atoms with Crippen molar-refractivity contribution in [2.24, 2.45) is 0 Å². The third-order valence-corrected chi connectivity index (χ3v) is 7.08. The fourth-order valence-corrected chi connectivity index (χ4v) is 5.56. The molecule has 0 spiro atoms. The average molecular weight is 472 g/mol. The fraction of sp³-hybridized carbons (Fsp3) is 0. The van der Waals surface area contributed by atoms with E-state index >= 15 is 0 Å². The second-order valence-corrected chi connectivity index (χ2v) is 8.54. The third kappa shape index (κ3) is 7.77. The van der Waals surface area contributed by atoms with Crippen molar-refractivity contribution >= 4 is 41.3 Å². The number of hydrogen-bond donors (Lipinski definition) is 1. The van der Waals surface area contributed by atoms with Crippen LogP contribution in [-0.4, -0.2) is 13.1 Å². The van der Waals surface area contributed by atoms with Crippen LogP contribution in [0.5, 0.6) is 0 Å². The Bertz CT molecular complexity index is 677. The normalized spacial score (nSPS) is 10.5. The molecule has 0 aliphatic carbocycles. The molecular formula is C18H20O5P2SiZn. The van der Waals surface area contributed by atoms with E-state index in [2.05, 4.69) is 0 Å². The predicted octanol–water partition coefficient (Wildman–Crippen LogP) is -0.321. The third-order valence-electron chi connectivity index (χ3n) is 3.57. The molecule has 3 aromatic carbocycles. The van der Waals surface area contributed by atoms with Crippen LogP contribution in [0.3, 0.4) is 0 Å². The van der Waals surface area contributed by atoms with Crippen molar-refractivity contribution in [2.75, 3.05) is 0 Å². The molecule has 0 aliphatic rings. The van der Waals surface area contributed by atoms with Gasteiger partial charge in [0.25, 0.3) is 8.32 Å². The Kier molecular flexibility index (Phi) is 14.2. The Labute approximate surface area is 175 Å². The molecule has 0 saturated carbocycles. The van der Waals surface area contributed by atoms with Gasteiger partial charge in [0.2, 0.25) is 0 Å². The first-order valence-electron chi connectivity index (χ1n) is 7.65. The maximum Gasteiger partial charge on any atom is 2.00 e. The van der Waals surface area contributed by atoms with E-state index in [1.165, 1.54) is 0 Å². The maximum atomic E-state index is 11.6. The second-order valence-electron chi connectivity index (χ2n) is 5.00. The summed E-state index contributed by atoms with van der Waals surface area (Å²) in [6.07, 6.45) is 0. The molecule has 2 unspecified atom stereocenters.